The van der Waals surface area contributed by atoms with Crippen molar-refractivity contribution in [2.75, 3.05) is 18.1 Å². The van der Waals surface area contributed by atoms with Crippen LogP contribution in [0.5, 0.6) is 0 Å². The van der Waals surface area contributed by atoms with Crippen LogP contribution in [-0.4, -0.2) is 22.9 Å². The molecule has 31 heavy (non-hydrogen) atoms. The van der Waals surface area contributed by atoms with Crippen molar-refractivity contribution in [1.29, 1.82) is 0 Å². The van der Waals surface area contributed by atoms with Gasteiger partial charge in [0.15, 0.2) is 5.82 Å². The van der Waals surface area contributed by atoms with Crippen molar-refractivity contribution in [3.05, 3.63) is 70.9 Å². The number of nitrogens with zero attached hydrogens (tertiary/aromatic N) is 3. The van der Waals surface area contributed by atoms with Gasteiger partial charge in [-0.1, -0.05) is 30.3 Å². The molecule has 4 rings (SSSR count). The summed E-state index contributed by atoms with van der Waals surface area (Å²) in [6.07, 6.45) is -1.16. The number of para-hydroxylation sites is 1. The molecule has 0 bridgehead atoms. The second-order valence-electron chi connectivity index (χ2n) is 7.36. The molecule has 5 nitrogen and oxygen atoms in total. The molecule has 0 aliphatic heterocycles. The molecule has 0 amide bonds. The summed E-state index contributed by atoms with van der Waals surface area (Å²) < 4.78 is 40.8. The topological polar surface area (TPSA) is 76.2 Å². The molecule has 1 aromatic heterocycles. The van der Waals surface area contributed by atoms with E-state index in [4.69, 9.17) is 5.73 Å². The highest BCUT2D eigenvalue weighted by atomic mass is 19.4. The molecule has 0 radical (unpaired) electrons. The van der Waals surface area contributed by atoms with Crippen LogP contribution < -0.4 is 11.1 Å². The van der Waals surface area contributed by atoms with E-state index in [1.54, 1.807) is 19.2 Å². The van der Waals surface area contributed by atoms with Crippen LogP contribution in [0.3, 0.4) is 0 Å². The van der Waals surface area contributed by atoms with E-state index in [1.807, 2.05) is 18.2 Å². The number of amidine groups is 1. The Bertz CT molecular complexity index is 1140. The van der Waals surface area contributed by atoms with Crippen molar-refractivity contribution in [2.24, 2.45) is 4.99 Å². The third-order valence-electron chi connectivity index (χ3n) is 5.33. The van der Waals surface area contributed by atoms with Gasteiger partial charge in [-0.3, -0.25) is 4.99 Å². The van der Waals surface area contributed by atoms with Crippen molar-refractivity contribution in [3.63, 3.8) is 0 Å². The van der Waals surface area contributed by atoms with Gasteiger partial charge in [0.2, 0.25) is 0 Å². The van der Waals surface area contributed by atoms with Crippen LogP contribution in [0.4, 0.5) is 24.7 Å². The maximum Gasteiger partial charge on any atom is 0.417 e. The molecule has 0 atom stereocenters. The average molecular weight is 425 g/mol. The summed E-state index contributed by atoms with van der Waals surface area (Å²) >= 11 is 0. The minimum atomic E-state index is -4.50. The van der Waals surface area contributed by atoms with Crippen molar-refractivity contribution in [1.82, 2.24) is 9.97 Å². The second-order valence-corrected chi connectivity index (χ2v) is 7.36. The van der Waals surface area contributed by atoms with E-state index in [0.29, 0.717) is 29.3 Å². The van der Waals surface area contributed by atoms with Crippen LogP contribution in [0.15, 0.2) is 53.5 Å². The zero-order chi connectivity index (χ0) is 22.0. The predicted molar refractivity (Wildman–Crippen MR) is 116 cm³/mol. The minimum absolute atomic E-state index is 0.0411. The first-order valence-electron chi connectivity index (χ1n) is 10.0. The maximum atomic E-state index is 13.6. The van der Waals surface area contributed by atoms with Crippen molar-refractivity contribution < 1.29 is 13.2 Å². The van der Waals surface area contributed by atoms with E-state index in [0.717, 1.165) is 36.6 Å². The number of nitrogens with one attached hydrogen (secondary N) is 1. The Morgan fingerprint density at radius 3 is 2.45 bits per heavy atom. The number of hydrogen-bond acceptors (Lipinski definition) is 4. The van der Waals surface area contributed by atoms with Gasteiger partial charge in [-0.05, 0) is 43.9 Å². The third kappa shape index (κ3) is 4.23. The Morgan fingerprint density at radius 2 is 1.71 bits per heavy atom. The van der Waals surface area contributed by atoms with E-state index < -0.39 is 11.7 Å². The van der Waals surface area contributed by atoms with Crippen LogP contribution in [0.25, 0.3) is 11.4 Å². The molecule has 8 heteroatoms. The highest BCUT2D eigenvalue weighted by Crippen LogP contribution is 2.37. The summed E-state index contributed by atoms with van der Waals surface area (Å²) in [5.74, 6) is 1.02. The number of benzene rings is 2. The number of aliphatic imine (C=N–C) groups is 1. The molecule has 0 spiro atoms. The number of anilines is 2. The molecule has 2 aromatic carbocycles. The number of fused-ring (bicyclic) bond motifs is 1. The number of alkyl halides is 3. The first-order chi connectivity index (χ1) is 14.9. The van der Waals surface area contributed by atoms with Gasteiger partial charge >= 0.3 is 6.18 Å². The van der Waals surface area contributed by atoms with Gasteiger partial charge in [0.25, 0.3) is 0 Å². The van der Waals surface area contributed by atoms with E-state index in [9.17, 15) is 13.2 Å². The molecular weight excluding hydrogens is 403 g/mol. The number of rotatable bonds is 3. The van der Waals surface area contributed by atoms with E-state index >= 15 is 0 Å². The lowest BCUT2D eigenvalue weighted by molar-refractivity contribution is -0.137. The van der Waals surface area contributed by atoms with E-state index in [2.05, 4.69) is 20.3 Å². The van der Waals surface area contributed by atoms with Gasteiger partial charge in [0.1, 0.15) is 11.7 Å². The lowest BCUT2D eigenvalue weighted by atomic mass is 9.95. The molecule has 1 aliphatic rings. The normalized spacial score (nSPS) is 14.3. The van der Waals surface area contributed by atoms with Crippen molar-refractivity contribution in [2.45, 2.75) is 31.9 Å². The molecule has 1 aliphatic carbocycles. The smallest absolute Gasteiger partial charge is 0.398 e. The molecule has 3 aromatic rings. The van der Waals surface area contributed by atoms with Gasteiger partial charge in [0, 0.05) is 35.1 Å². The number of aromatic nitrogens is 2. The Hall–Kier alpha value is -3.42. The summed E-state index contributed by atoms with van der Waals surface area (Å²) in [7, 11) is 1.63. The highest BCUT2D eigenvalue weighted by molar-refractivity contribution is 6.11. The van der Waals surface area contributed by atoms with Crippen LogP contribution in [0.1, 0.15) is 35.2 Å². The van der Waals surface area contributed by atoms with E-state index in [-0.39, 0.29) is 11.4 Å². The molecule has 0 fully saturated rings. The molecule has 0 saturated carbocycles. The second kappa shape index (κ2) is 8.37. The number of hydrogen-bond donors (Lipinski definition) is 2. The lowest BCUT2D eigenvalue weighted by Crippen LogP contribution is -2.20. The SMILES string of the molecule is CN=C(Nc1nc(-c2ccccc2C(F)(F)F)nc2c1CCCC2)c1ccccc1N. The number of aryl methyl sites for hydroxylation is 1. The summed E-state index contributed by atoms with van der Waals surface area (Å²) in [4.78, 5) is 13.4. The predicted octanol–water partition coefficient (Wildman–Crippen LogP) is 5.11. The average Bonchev–Trinajstić information content (AvgIpc) is 2.77. The fraction of sp³-hybridized carbons (Fsp3) is 0.261. The Morgan fingerprint density at radius 1 is 1.00 bits per heavy atom. The number of nitrogen functional groups attached to an aromatic ring is 1. The molecule has 160 valence electrons. The van der Waals surface area contributed by atoms with Crippen LogP contribution in [0.2, 0.25) is 0 Å². The largest absolute Gasteiger partial charge is 0.417 e. The summed E-state index contributed by atoms with van der Waals surface area (Å²) in [6, 6.07) is 12.6. The Labute approximate surface area is 178 Å². The van der Waals surface area contributed by atoms with Crippen molar-refractivity contribution >= 4 is 17.3 Å². The molecule has 1 heterocycles. The minimum Gasteiger partial charge on any atom is -0.398 e. The summed E-state index contributed by atoms with van der Waals surface area (Å²) in [5.41, 5.74) is 8.23. The van der Waals surface area contributed by atoms with Gasteiger partial charge < -0.3 is 11.1 Å². The number of nitrogens with two attached hydrogens (primary N) is 1. The van der Waals surface area contributed by atoms with Crippen LogP contribution in [-0.2, 0) is 19.0 Å². The van der Waals surface area contributed by atoms with Gasteiger partial charge in [-0.25, -0.2) is 9.97 Å². The third-order valence-corrected chi connectivity index (χ3v) is 5.33. The fourth-order valence-electron chi connectivity index (χ4n) is 3.81. The number of halogens is 3. The maximum absolute atomic E-state index is 13.6. The summed E-state index contributed by atoms with van der Waals surface area (Å²) in [5, 5.41) is 3.22. The highest BCUT2D eigenvalue weighted by Gasteiger charge is 2.34. The first-order valence-corrected chi connectivity index (χ1v) is 10.0. The van der Waals surface area contributed by atoms with Crippen LogP contribution >= 0.6 is 0 Å². The van der Waals surface area contributed by atoms with Gasteiger partial charge in [0.05, 0.1) is 5.56 Å². The Balaban J connectivity index is 1.84. The monoisotopic (exact) mass is 425 g/mol. The zero-order valence-corrected chi connectivity index (χ0v) is 17.0. The first kappa shape index (κ1) is 20.8. The molecule has 0 saturated heterocycles. The lowest BCUT2D eigenvalue weighted by Gasteiger charge is -2.21. The Kier molecular flexibility index (Phi) is 5.63. The molecular formula is C23H22F3N5. The standard InChI is InChI=1S/C23H22F3N5/c1-28-20(15-9-3-6-12-18(15)27)30-22-16-10-4-7-13-19(16)29-21(31-22)14-8-2-5-11-17(14)23(24,25)26/h2-3,5-6,8-9,11-12H,4,7,10,13,27H2,1H3,(H,28,29,30,31). The molecule has 3 N–H and O–H groups in total. The fourth-order valence-corrected chi connectivity index (χ4v) is 3.81. The van der Waals surface area contributed by atoms with Crippen molar-refractivity contribution in [3.8, 4) is 11.4 Å². The van der Waals surface area contributed by atoms with Crippen LogP contribution in [0, 0.1) is 0 Å². The molecule has 0 unspecified atom stereocenters. The summed E-state index contributed by atoms with van der Waals surface area (Å²) in [6.45, 7) is 0. The van der Waals surface area contributed by atoms with Gasteiger partial charge in [-0.2, -0.15) is 13.2 Å². The zero-order valence-electron chi connectivity index (χ0n) is 17.0. The van der Waals surface area contributed by atoms with E-state index in [1.165, 1.54) is 12.1 Å². The quantitative estimate of drug-likeness (QED) is 0.347. The van der Waals surface area contributed by atoms with Gasteiger partial charge in [-0.15, -0.1) is 0 Å².